The molecule has 1 fully saturated rings. The summed E-state index contributed by atoms with van der Waals surface area (Å²) in [5.74, 6) is 0. The van der Waals surface area contributed by atoms with Crippen molar-refractivity contribution in [3.05, 3.63) is 35.4 Å². The summed E-state index contributed by atoms with van der Waals surface area (Å²) < 4.78 is 5.62. The molecule has 2 nitrogen and oxygen atoms in total. The van der Waals surface area contributed by atoms with Crippen LogP contribution in [0.1, 0.15) is 37.3 Å². The smallest absolute Gasteiger partial charge is 0.0590 e. The summed E-state index contributed by atoms with van der Waals surface area (Å²) in [5, 5.41) is 0. The molecule has 2 atom stereocenters. The van der Waals surface area contributed by atoms with Crippen LogP contribution in [-0.4, -0.2) is 18.8 Å². The normalized spacial score (nSPS) is 21.6. The molecule has 2 unspecified atom stereocenters. The summed E-state index contributed by atoms with van der Waals surface area (Å²) in [5.41, 5.74) is 8.91. The number of hydrogen-bond acceptors (Lipinski definition) is 2. The van der Waals surface area contributed by atoms with Gasteiger partial charge in [0.1, 0.15) is 0 Å². The van der Waals surface area contributed by atoms with Crippen LogP contribution < -0.4 is 5.73 Å². The largest absolute Gasteiger partial charge is 0.378 e. The first-order valence-electron chi connectivity index (χ1n) is 6.73. The van der Waals surface area contributed by atoms with Crippen LogP contribution in [0.3, 0.4) is 0 Å². The topological polar surface area (TPSA) is 35.2 Å². The Kier molecular flexibility index (Phi) is 4.57. The molecule has 0 spiro atoms. The molecule has 1 aliphatic heterocycles. The van der Waals surface area contributed by atoms with E-state index in [-0.39, 0.29) is 6.04 Å². The van der Waals surface area contributed by atoms with Crippen molar-refractivity contribution >= 4 is 0 Å². The Labute approximate surface area is 104 Å². The van der Waals surface area contributed by atoms with Gasteiger partial charge >= 0.3 is 0 Å². The second-order valence-corrected chi connectivity index (χ2v) is 5.00. The highest BCUT2D eigenvalue weighted by molar-refractivity contribution is 5.23. The van der Waals surface area contributed by atoms with E-state index in [0.717, 1.165) is 25.9 Å². The number of nitrogens with two attached hydrogens (primary N) is 1. The fourth-order valence-electron chi connectivity index (χ4n) is 2.47. The van der Waals surface area contributed by atoms with E-state index < -0.39 is 0 Å². The lowest BCUT2D eigenvalue weighted by molar-refractivity contribution is 0.0983. The van der Waals surface area contributed by atoms with Gasteiger partial charge in [-0.1, -0.05) is 31.2 Å². The highest BCUT2D eigenvalue weighted by Crippen LogP contribution is 2.18. The first-order valence-corrected chi connectivity index (χ1v) is 6.73. The Morgan fingerprint density at radius 1 is 1.29 bits per heavy atom. The molecule has 94 valence electrons. The fraction of sp³-hybridized carbons (Fsp3) is 0.600. The van der Waals surface area contributed by atoms with E-state index >= 15 is 0 Å². The Balaban J connectivity index is 1.81. The SMILES string of the molecule is CCc1ccc(CC(N)CC2CCCO2)cc1. The molecular formula is C15H23NO. The van der Waals surface area contributed by atoms with Crippen molar-refractivity contribution in [2.45, 2.75) is 51.2 Å². The van der Waals surface area contributed by atoms with Crippen molar-refractivity contribution in [3.63, 3.8) is 0 Å². The van der Waals surface area contributed by atoms with E-state index in [1.54, 1.807) is 0 Å². The van der Waals surface area contributed by atoms with E-state index in [4.69, 9.17) is 10.5 Å². The molecule has 1 saturated heterocycles. The van der Waals surface area contributed by atoms with E-state index in [1.165, 1.54) is 24.0 Å². The van der Waals surface area contributed by atoms with Crippen molar-refractivity contribution in [2.24, 2.45) is 5.73 Å². The predicted octanol–water partition coefficient (Wildman–Crippen LogP) is 2.69. The Hall–Kier alpha value is -0.860. The lowest BCUT2D eigenvalue weighted by Gasteiger charge is -2.16. The van der Waals surface area contributed by atoms with Crippen LogP contribution in [0.25, 0.3) is 0 Å². The predicted molar refractivity (Wildman–Crippen MR) is 71.1 cm³/mol. The third-order valence-electron chi connectivity index (χ3n) is 3.52. The summed E-state index contributed by atoms with van der Waals surface area (Å²) in [7, 11) is 0. The molecular weight excluding hydrogens is 210 g/mol. The third kappa shape index (κ3) is 3.83. The van der Waals surface area contributed by atoms with Crippen LogP contribution in [0.15, 0.2) is 24.3 Å². The Morgan fingerprint density at radius 2 is 2.00 bits per heavy atom. The van der Waals surface area contributed by atoms with Gasteiger partial charge in [-0.2, -0.15) is 0 Å². The minimum absolute atomic E-state index is 0.227. The minimum atomic E-state index is 0.227. The highest BCUT2D eigenvalue weighted by Gasteiger charge is 2.18. The number of rotatable bonds is 5. The molecule has 0 aromatic heterocycles. The average molecular weight is 233 g/mol. The van der Waals surface area contributed by atoms with Crippen molar-refractivity contribution in [1.29, 1.82) is 0 Å². The summed E-state index contributed by atoms with van der Waals surface area (Å²) >= 11 is 0. The van der Waals surface area contributed by atoms with Crippen LogP contribution in [0.5, 0.6) is 0 Å². The maximum atomic E-state index is 6.18. The van der Waals surface area contributed by atoms with Crippen LogP contribution in [0.4, 0.5) is 0 Å². The van der Waals surface area contributed by atoms with Gasteiger partial charge in [0.25, 0.3) is 0 Å². The zero-order chi connectivity index (χ0) is 12.1. The van der Waals surface area contributed by atoms with Crippen molar-refractivity contribution < 1.29 is 4.74 Å². The van der Waals surface area contributed by atoms with Gasteiger partial charge in [0.2, 0.25) is 0 Å². The van der Waals surface area contributed by atoms with Crippen molar-refractivity contribution in [2.75, 3.05) is 6.61 Å². The molecule has 2 N–H and O–H groups in total. The number of benzene rings is 1. The van der Waals surface area contributed by atoms with Gasteiger partial charge in [-0.3, -0.25) is 0 Å². The van der Waals surface area contributed by atoms with Gasteiger partial charge in [0, 0.05) is 12.6 Å². The summed E-state index contributed by atoms with van der Waals surface area (Å²) in [4.78, 5) is 0. The van der Waals surface area contributed by atoms with E-state index in [9.17, 15) is 0 Å². The fourth-order valence-corrected chi connectivity index (χ4v) is 2.47. The molecule has 2 rings (SSSR count). The number of ether oxygens (including phenoxy) is 1. The average Bonchev–Trinajstić information content (AvgIpc) is 2.82. The van der Waals surface area contributed by atoms with Crippen LogP contribution in [0.2, 0.25) is 0 Å². The summed E-state index contributed by atoms with van der Waals surface area (Å²) in [6.07, 6.45) is 5.84. The number of aryl methyl sites for hydroxylation is 1. The van der Waals surface area contributed by atoms with Gasteiger partial charge in [0.05, 0.1) is 6.10 Å². The summed E-state index contributed by atoms with van der Waals surface area (Å²) in [6, 6.07) is 9.04. The molecule has 1 aromatic rings. The molecule has 2 heteroatoms. The first-order chi connectivity index (χ1) is 8.28. The molecule has 1 heterocycles. The Bertz CT molecular complexity index is 327. The molecule has 17 heavy (non-hydrogen) atoms. The van der Waals surface area contributed by atoms with E-state index in [0.29, 0.717) is 6.10 Å². The monoisotopic (exact) mass is 233 g/mol. The zero-order valence-electron chi connectivity index (χ0n) is 10.7. The molecule has 0 radical (unpaired) electrons. The molecule has 0 bridgehead atoms. The van der Waals surface area contributed by atoms with Crippen molar-refractivity contribution in [3.8, 4) is 0 Å². The van der Waals surface area contributed by atoms with Gasteiger partial charge in [-0.05, 0) is 43.2 Å². The first kappa shape index (κ1) is 12.6. The summed E-state index contributed by atoms with van der Waals surface area (Å²) in [6.45, 7) is 3.10. The minimum Gasteiger partial charge on any atom is -0.378 e. The molecule has 0 aliphatic carbocycles. The lowest BCUT2D eigenvalue weighted by Crippen LogP contribution is -2.28. The van der Waals surface area contributed by atoms with Gasteiger partial charge in [-0.25, -0.2) is 0 Å². The molecule has 1 aromatic carbocycles. The van der Waals surface area contributed by atoms with Crippen molar-refractivity contribution in [1.82, 2.24) is 0 Å². The quantitative estimate of drug-likeness (QED) is 0.848. The van der Waals surface area contributed by atoms with Gasteiger partial charge < -0.3 is 10.5 Å². The standard InChI is InChI=1S/C15H23NO/c1-2-12-5-7-13(8-6-12)10-14(16)11-15-4-3-9-17-15/h5-8,14-15H,2-4,9-11,16H2,1H3. The zero-order valence-corrected chi connectivity index (χ0v) is 10.7. The second-order valence-electron chi connectivity index (χ2n) is 5.00. The van der Waals surface area contributed by atoms with E-state index in [2.05, 4.69) is 31.2 Å². The van der Waals surface area contributed by atoms with Crippen LogP contribution >= 0.6 is 0 Å². The maximum Gasteiger partial charge on any atom is 0.0590 e. The van der Waals surface area contributed by atoms with Crippen LogP contribution in [-0.2, 0) is 17.6 Å². The molecule has 0 amide bonds. The van der Waals surface area contributed by atoms with Gasteiger partial charge in [-0.15, -0.1) is 0 Å². The molecule has 1 aliphatic rings. The lowest BCUT2D eigenvalue weighted by atomic mass is 9.99. The highest BCUT2D eigenvalue weighted by atomic mass is 16.5. The van der Waals surface area contributed by atoms with Crippen LogP contribution in [0, 0.1) is 0 Å². The molecule has 0 saturated carbocycles. The maximum absolute atomic E-state index is 6.18. The Morgan fingerprint density at radius 3 is 2.59 bits per heavy atom. The van der Waals surface area contributed by atoms with E-state index in [1.807, 2.05) is 0 Å². The number of hydrogen-bond donors (Lipinski definition) is 1. The van der Waals surface area contributed by atoms with Gasteiger partial charge in [0.15, 0.2) is 0 Å². The third-order valence-corrected chi connectivity index (χ3v) is 3.52. The second kappa shape index (κ2) is 6.18.